The van der Waals surface area contributed by atoms with Crippen LogP contribution in [0.15, 0.2) is 42.6 Å². The van der Waals surface area contributed by atoms with Crippen LogP contribution in [-0.2, 0) is 18.4 Å². The van der Waals surface area contributed by atoms with E-state index in [1.807, 2.05) is 35.2 Å². The van der Waals surface area contributed by atoms with E-state index in [-0.39, 0.29) is 17.9 Å². The first-order chi connectivity index (χ1) is 14.0. The fourth-order valence-electron chi connectivity index (χ4n) is 4.83. The molecule has 1 N–H and O–H groups in total. The highest BCUT2D eigenvalue weighted by molar-refractivity contribution is 5.94. The predicted octanol–water partition coefficient (Wildman–Crippen LogP) is 1.66. The lowest BCUT2D eigenvalue weighted by Gasteiger charge is -2.53. The fourth-order valence-corrected chi connectivity index (χ4v) is 4.83. The van der Waals surface area contributed by atoms with Gasteiger partial charge in [-0.2, -0.15) is 5.10 Å². The molecule has 2 atom stereocenters. The van der Waals surface area contributed by atoms with E-state index >= 15 is 0 Å². The molecule has 1 aromatic carbocycles. The van der Waals surface area contributed by atoms with Gasteiger partial charge in [-0.25, -0.2) is 0 Å². The average Bonchev–Trinajstić information content (AvgIpc) is 3.17. The minimum atomic E-state index is -0.534. The molecule has 7 heteroatoms. The van der Waals surface area contributed by atoms with Gasteiger partial charge in [0.15, 0.2) is 0 Å². The number of carbonyl (C=O) groups excluding carboxylic acids is 2. The van der Waals surface area contributed by atoms with E-state index in [4.69, 9.17) is 0 Å². The van der Waals surface area contributed by atoms with Gasteiger partial charge in [0, 0.05) is 32.9 Å². The van der Waals surface area contributed by atoms with E-state index in [0.29, 0.717) is 25.3 Å². The van der Waals surface area contributed by atoms with Gasteiger partial charge < -0.3 is 15.1 Å². The van der Waals surface area contributed by atoms with Crippen molar-refractivity contribution in [1.29, 1.82) is 0 Å². The van der Waals surface area contributed by atoms with E-state index in [0.717, 1.165) is 31.4 Å². The molecule has 0 radical (unpaired) electrons. The maximum absolute atomic E-state index is 13.5. The van der Waals surface area contributed by atoms with Crippen molar-refractivity contribution >= 4 is 11.8 Å². The van der Waals surface area contributed by atoms with E-state index in [1.54, 1.807) is 24.0 Å². The second-order valence-corrected chi connectivity index (χ2v) is 8.29. The van der Waals surface area contributed by atoms with Crippen molar-refractivity contribution in [2.45, 2.75) is 31.8 Å². The molecule has 0 bridgehead atoms. The number of hydrogen-bond donors (Lipinski definition) is 1. The number of nitrogens with one attached hydrogen (secondary N) is 1. The second kappa shape index (κ2) is 7.99. The zero-order chi connectivity index (χ0) is 20.4. The maximum atomic E-state index is 13.5. The van der Waals surface area contributed by atoms with Gasteiger partial charge in [0.05, 0.1) is 11.5 Å². The van der Waals surface area contributed by atoms with Gasteiger partial charge in [-0.15, -0.1) is 0 Å². The van der Waals surface area contributed by atoms with Crippen LogP contribution in [0.3, 0.4) is 0 Å². The summed E-state index contributed by atoms with van der Waals surface area (Å²) < 4.78 is 1.61. The van der Waals surface area contributed by atoms with Gasteiger partial charge >= 0.3 is 0 Å². The largest absolute Gasteiger partial charge is 0.351 e. The number of benzene rings is 1. The van der Waals surface area contributed by atoms with Crippen LogP contribution in [-0.4, -0.2) is 64.1 Å². The average molecular weight is 396 g/mol. The number of amides is 2. The summed E-state index contributed by atoms with van der Waals surface area (Å²) in [5.41, 5.74) is 1.12. The number of aromatic nitrogens is 2. The lowest BCUT2D eigenvalue weighted by atomic mass is 9.67. The maximum Gasteiger partial charge on any atom is 0.272 e. The molecule has 29 heavy (non-hydrogen) atoms. The van der Waals surface area contributed by atoms with E-state index in [1.165, 1.54) is 0 Å². The smallest absolute Gasteiger partial charge is 0.272 e. The third-order valence-corrected chi connectivity index (χ3v) is 6.51. The molecular weight excluding hydrogens is 366 g/mol. The highest BCUT2D eigenvalue weighted by Gasteiger charge is 2.53. The Balaban J connectivity index is 1.58. The minimum Gasteiger partial charge on any atom is -0.351 e. The van der Waals surface area contributed by atoms with Crippen molar-refractivity contribution < 1.29 is 9.59 Å². The summed E-state index contributed by atoms with van der Waals surface area (Å²) in [6.07, 6.45) is 4.07. The molecule has 2 aliphatic rings. The number of likely N-dealkylation sites (N-methyl/N-ethyl adjacent to an activating group) is 1. The van der Waals surface area contributed by atoms with Crippen LogP contribution in [0.5, 0.6) is 0 Å². The monoisotopic (exact) mass is 395 g/mol. The minimum absolute atomic E-state index is 0.0368. The molecule has 2 fully saturated rings. The molecule has 4 rings (SSSR count). The third kappa shape index (κ3) is 3.67. The van der Waals surface area contributed by atoms with Crippen molar-refractivity contribution in [2.24, 2.45) is 12.5 Å². The molecule has 1 aromatic heterocycles. The van der Waals surface area contributed by atoms with Gasteiger partial charge in [0.2, 0.25) is 5.91 Å². The summed E-state index contributed by atoms with van der Waals surface area (Å²) in [6, 6.07) is 11.6. The van der Waals surface area contributed by atoms with E-state index < -0.39 is 5.41 Å². The molecule has 2 amide bonds. The first-order valence-electron chi connectivity index (χ1n) is 10.3. The molecule has 2 aliphatic heterocycles. The molecule has 2 aromatic rings. The summed E-state index contributed by atoms with van der Waals surface area (Å²) in [6.45, 7) is 2.77. The van der Waals surface area contributed by atoms with Crippen molar-refractivity contribution in [2.75, 3.05) is 26.7 Å². The van der Waals surface area contributed by atoms with Crippen molar-refractivity contribution in [1.82, 2.24) is 24.9 Å². The van der Waals surface area contributed by atoms with Crippen LogP contribution < -0.4 is 5.32 Å². The number of rotatable bonds is 4. The Morgan fingerprint density at radius 2 is 1.93 bits per heavy atom. The Labute approximate surface area is 171 Å². The number of carbonyl (C=O) groups is 2. The summed E-state index contributed by atoms with van der Waals surface area (Å²) >= 11 is 0. The Hall–Kier alpha value is -2.67. The molecule has 0 aliphatic carbocycles. The Morgan fingerprint density at radius 1 is 1.14 bits per heavy atom. The van der Waals surface area contributed by atoms with Crippen LogP contribution >= 0.6 is 0 Å². The summed E-state index contributed by atoms with van der Waals surface area (Å²) in [4.78, 5) is 30.9. The van der Waals surface area contributed by atoms with Gasteiger partial charge in [-0.3, -0.25) is 14.3 Å². The standard InChI is InChI=1S/C22H29N5O2/c1-25-14-11-22(21(29)23-15-17-7-4-3-5-8-17)10-6-13-27(19(22)16-25)20(28)18-9-12-24-26(18)2/h3-5,7-9,12,19H,6,10-11,13-16H2,1-2H3,(H,23,29)/t19-,22+/m0/s1. The molecule has 2 saturated heterocycles. The van der Waals surface area contributed by atoms with E-state index in [9.17, 15) is 9.59 Å². The molecule has 0 spiro atoms. The fraction of sp³-hybridized carbons (Fsp3) is 0.500. The summed E-state index contributed by atoms with van der Waals surface area (Å²) in [5, 5.41) is 7.31. The molecule has 0 unspecified atom stereocenters. The van der Waals surface area contributed by atoms with Crippen molar-refractivity contribution in [3.8, 4) is 0 Å². The lowest BCUT2D eigenvalue weighted by Crippen LogP contribution is -2.66. The highest BCUT2D eigenvalue weighted by Crippen LogP contribution is 2.43. The Bertz CT molecular complexity index is 880. The van der Waals surface area contributed by atoms with Crippen LogP contribution in [0.1, 0.15) is 35.3 Å². The number of fused-ring (bicyclic) bond motifs is 1. The van der Waals surface area contributed by atoms with Crippen molar-refractivity contribution in [3.05, 3.63) is 53.9 Å². The first kappa shape index (κ1) is 19.6. The third-order valence-electron chi connectivity index (χ3n) is 6.51. The number of piperidine rings is 2. The number of hydrogen-bond acceptors (Lipinski definition) is 4. The van der Waals surface area contributed by atoms with E-state index in [2.05, 4.69) is 22.4 Å². The lowest BCUT2D eigenvalue weighted by molar-refractivity contribution is -0.142. The van der Waals surface area contributed by atoms with Crippen LogP contribution in [0, 0.1) is 5.41 Å². The Morgan fingerprint density at radius 3 is 2.66 bits per heavy atom. The van der Waals surface area contributed by atoms with Crippen LogP contribution in [0.2, 0.25) is 0 Å². The van der Waals surface area contributed by atoms with Crippen molar-refractivity contribution in [3.63, 3.8) is 0 Å². The Kier molecular flexibility index (Phi) is 5.41. The predicted molar refractivity (Wildman–Crippen MR) is 110 cm³/mol. The summed E-state index contributed by atoms with van der Waals surface area (Å²) in [7, 11) is 3.84. The molecule has 154 valence electrons. The molecule has 3 heterocycles. The normalized spacial score (nSPS) is 24.8. The van der Waals surface area contributed by atoms with Crippen LogP contribution in [0.4, 0.5) is 0 Å². The highest BCUT2D eigenvalue weighted by atomic mass is 16.2. The van der Waals surface area contributed by atoms with Gasteiger partial charge in [-0.05, 0) is 44.5 Å². The number of aryl methyl sites for hydroxylation is 1. The zero-order valence-electron chi connectivity index (χ0n) is 17.2. The van der Waals surface area contributed by atoms with Gasteiger partial charge in [-0.1, -0.05) is 30.3 Å². The van der Waals surface area contributed by atoms with Gasteiger partial charge in [0.1, 0.15) is 5.69 Å². The topological polar surface area (TPSA) is 70.5 Å². The number of likely N-dealkylation sites (tertiary alicyclic amines) is 2. The molecule has 7 nitrogen and oxygen atoms in total. The van der Waals surface area contributed by atoms with Gasteiger partial charge in [0.25, 0.3) is 5.91 Å². The zero-order valence-corrected chi connectivity index (χ0v) is 17.2. The quantitative estimate of drug-likeness (QED) is 0.855. The molecular formula is C22H29N5O2. The SMILES string of the molecule is CN1CC[C@]2(C(=O)NCc3ccccc3)CCCN(C(=O)c3ccnn3C)[C@H]2C1. The van der Waals surface area contributed by atoms with Crippen LogP contribution in [0.25, 0.3) is 0 Å². The first-order valence-corrected chi connectivity index (χ1v) is 10.3. The summed E-state index contributed by atoms with van der Waals surface area (Å²) in [5.74, 6) is 0.0344. The molecule has 0 saturated carbocycles. The number of nitrogens with zero attached hydrogens (tertiary/aromatic N) is 4. The second-order valence-electron chi connectivity index (χ2n) is 8.29.